The first-order chi connectivity index (χ1) is 11.2. The number of aromatic nitrogens is 5. The third-order valence-electron chi connectivity index (χ3n) is 4.52. The van der Waals surface area contributed by atoms with Gasteiger partial charge in [-0.15, -0.1) is 0 Å². The number of para-hydroxylation sites is 1. The fourth-order valence-corrected chi connectivity index (χ4v) is 3.46. The van der Waals surface area contributed by atoms with Crippen LogP contribution in [0, 0.1) is 13.8 Å². The van der Waals surface area contributed by atoms with Crippen LogP contribution in [0.4, 0.5) is 5.82 Å². The van der Waals surface area contributed by atoms with Gasteiger partial charge in [0, 0.05) is 11.9 Å². The lowest BCUT2D eigenvalue weighted by atomic mass is 10.2. The summed E-state index contributed by atoms with van der Waals surface area (Å²) in [4.78, 5) is 15.8. The summed E-state index contributed by atoms with van der Waals surface area (Å²) in [6.45, 7) is 5.83. The normalized spacial score (nSPS) is 18.0. The molecular weight excluding hydrogens is 288 g/mol. The molecule has 0 unspecified atom stereocenters. The number of fused-ring (bicyclic) bond motifs is 1. The molecule has 4 rings (SSSR count). The van der Waals surface area contributed by atoms with Crippen LogP contribution >= 0.6 is 0 Å². The van der Waals surface area contributed by atoms with Crippen LogP contribution in [0.25, 0.3) is 10.9 Å². The van der Waals surface area contributed by atoms with Crippen molar-refractivity contribution >= 4 is 16.7 Å². The zero-order chi connectivity index (χ0) is 15.8. The zero-order valence-electron chi connectivity index (χ0n) is 13.5. The van der Waals surface area contributed by atoms with E-state index in [0.29, 0.717) is 6.04 Å². The lowest BCUT2D eigenvalue weighted by molar-refractivity contribution is 0.495. The van der Waals surface area contributed by atoms with Crippen molar-refractivity contribution in [1.82, 2.24) is 24.7 Å². The molecule has 0 aliphatic carbocycles. The molecule has 0 amide bonds. The summed E-state index contributed by atoms with van der Waals surface area (Å²) in [5.41, 5.74) is 0.996. The maximum Gasteiger partial charge on any atom is 0.147 e. The second-order valence-corrected chi connectivity index (χ2v) is 6.09. The lowest BCUT2D eigenvalue weighted by Crippen LogP contribution is -2.34. The van der Waals surface area contributed by atoms with Crippen LogP contribution in [-0.2, 0) is 6.54 Å². The highest BCUT2D eigenvalue weighted by Gasteiger charge is 2.28. The molecule has 1 fully saturated rings. The third-order valence-corrected chi connectivity index (χ3v) is 4.52. The fraction of sp³-hybridized carbons (Fsp3) is 0.412. The van der Waals surface area contributed by atoms with Gasteiger partial charge in [-0.2, -0.15) is 5.10 Å². The molecule has 0 N–H and O–H groups in total. The number of hydrogen-bond donors (Lipinski definition) is 0. The van der Waals surface area contributed by atoms with E-state index in [2.05, 4.69) is 31.0 Å². The minimum absolute atomic E-state index is 0.396. The molecule has 6 heteroatoms. The Balaban J connectivity index is 1.68. The van der Waals surface area contributed by atoms with Crippen LogP contribution in [0.1, 0.15) is 24.5 Å². The highest BCUT2D eigenvalue weighted by atomic mass is 15.4. The largest absolute Gasteiger partial charge is 0.351 e. The van der Waals surface area contributed by atoms with Crippen molar-refractivity contribution in [3.8, 4) is 0 Å². The molecule has 23 heavy (non-hydrogen) atoms. The first kappa shape index (κ1) is 14.1. The number of aryl methyl sites for hydroxylation is 2. The van der Waals surface area contributed by atoms with Gasteiger partial charge in [0.05, 0.1) is 18.1 Å². The molecule has 3 aromatic rings. The number of hydrogen-bond acceptors (Lipinski definition) is 5. The van der Waals surface area contributed by atoms with E-state index in [1.807, 2.05) is 36.7 Å². The van der Waals surface area contributed by atoms with E-state index in [1.165, 1.54) is 6.42 Å². The van der Waals surface area contributed by atoms with Crippen molar-refractivity contribution in [2.24, 2.45) is 0 Å². The van der Waals surface area contributed by atoms with Crippen molar-refractivity contribution < 1.29 is 0 Å². The quantitative estimate of drug-likeness (QED) is 0.744. The number of benzene rings is 1. The Morgan fingerprint density at radius 2 is 2.04 bits per heavy atom. The van der Waals surface area contributed by atoms with Gasteiger partial charge < -0.3 is 4.90 Å². The van der Waals surface area contributed by atoms with Gasteiger partial charge >= 0.3 is 0 Å². The van der Waals surface area contributed by atoms with Gasteiger partial charge in [-0.1, -0.05) is 12.1 Å². The molecule has 3 heterocycles. The molecule has 1 saturated heterocycles. The number of nitrogens with zero attached hydrogens (tertiary/aromatic N) is 6. The highest BCUT2D eigenvalue weighted by molar-refractivity contribution is 5.89. The molecular formula is C17H20N6. The minimum atomic E-state index is 0.396. The summed E-state index contributed by atoms with van der Waals surface area (Å²) < 4.78 is 2.02. The summed E-state index contributed by atoms with van der Waals surface area (Å²) in [5.74, 6) is 2.84. The SMILES string of the molecule is Cc1nc(C)n(C[C@@H]2CCCN2c2ncnc3ccccc23)n1. The standard InChI is InChI=1S/C17H20N6/c1-12-20-13(2)23(21-12)10-14-6-5-9-22(14)17-15-7-3-4-8-16(15)18-11-19-17/h3-4,7-8,11,14H,5-6,9-10H2,1-2H3/t14-/m0/s1. The zero-order valence-corrected chi connectivity index (χ0v) is 13.5. The molecule has 0 spiro atoms. The second-order valence-electron chi connectivity index (χ2n) is 6.09. The Morgan fingerprint density at radius 3 is 2.87 bits per heavy atom. The number of rotatable bonds is 3. The molecule has 0 bridgehead atoms. The van der Waals surface area contributed by atoms with Crippen molar-refractivity contribution in [3.05, 3.63) is 42.2 Å². The Kier molecular flexibility index (Phi) is 3.44. The molecule has 6 nitrogen and oxygen atoms in total. The van der Waals surface area contributed by atoms with E-state index in [4.69, 9.17) is 0 Å². The van der Waals surface area contributed by atoms with Crippen LogP contribution in [0.2, 0.25) is 0 Å². The summed E-state index contributed by atoms with van der Waals surface area (Å²) in [5, 5.41) is 5.63. The van der Waals surface area contributed by atoms with Gasteiger partial charge in [-0.25, -0.2) is 19.6 Å². The van der Waals surface area contributed by atoms with Gasteiger partial charge in [0.25, 0.3) is 0 Å². The Hall–Kier alpha value is -2.50. The summed E-state index contributed by atoms with van der Waals surface area (Å²) in [6, 6.07) is 8.60. The average Bonchev–Trinajstić information content (AvgIpc) is 3.13. The molecule has 1 atom stereocenters. The van der Waals surface area contributed by atoms with Crippen LogP contribution in [-0.4, -0.2) is 37.3 Å². The van der Waals surface area contributed by atoms with Gasteiger partial charge in [-0.3, -0.25) is 0 Å². The monoisotopic (exact) mass is 308 g/mol. The molecule has 1 aliphatic rings. The summed E-state index contributed by atoms with van der Waals surface area (Å²) >= 11 is 0. The van der Waals surface area contributed by atoms with E-state index < -0.39 is 0 Å². The summed E-state index contributed by atoms with van der Waals surface area (Å²) in [7, 11) is 0. The second kappa shape index (κ2) is 5.61. The highest BCUT2D eigenvalue weighted by Crippen LogP contribution is 2.30. The van der Waals surface area contributed by atoms with Crippen molar-refractivity contribution in [3.63, 3.8) is 0 Å². The predicted octanol–water partition coefficient (Wildman–Crippen LogP) is 2.51. The predicted molar refractivity (Wildman–Crippen MR) is 89.4 cm³/mol. The van der Waals surface area contributed by atoms with Crippen molar-refractivity contribution in [2.45, 2.75) is 39.3 Å². The van der Waals surface area contributed by atoms with E-state index in [9.17, 15) is 0 Å². The smallest absolute Gasteiger partial charge is 0.147 e. The molecule has 1 aromatic carbocycles. The van der Waals surface area contributed by atoms with Crippen LogP contribution in [0.5, 0.6) is 0 Å². The molecule has 0 saturated carbocycles. The molecule has 2 aromatic heterocycles. The minimum Gasteiger partial charge on any atom is -0.351 e. The van der Waals surface area contributed by atoms with Crippen molar-refractivity contribution in [2.75, 3.05) is 11.4 Å². The Bertz CT molecular complexity index is 835. The van der Waals surface area contributed by atoms with Crippen LogP contribution < -0.4 is 4.90 Å². The van der Waals surface area contributed by atoms with E-state index in [1.54, 1.807) is 6.33 Å². The van der Waals surface area contributed by atoms with Gasteiger partial charge in [-0.05, 0) is 38.8 Å². The van der Waals surface area contributed by atoms with Gasteiger partial charge in [0.1, 0.15) is 23.8 Å². The van der Waals surface area contributed by atoms with E-state index in [0.717, 1.165) is 47.9 Å². The molecule has 1 aliphatic heterocycles. The van der Waals surface area contributed by atoms with Crippen molar-refractivity contribution in [1.29, 1.82) is 0 Å². The van der Waals surface area contributed by atoms with E-state index >= 15 is 0 Å². The molecule has 0 radical (unpaired) electrons. The Morgan fingerprint density at radius 1 is 1.17 bits per heavy atom. The maximum absolute atomic E-state index is 4.58. The van der Waals surface area contributed by atoms with Crippen LogP contribution in [0.15, 0.2) is 30.6 Å². The first-order valence-electron chi connectivity index (χ1n) is 8.07. The van der Waals surface area contributed by atoms with Gasteiger partial charge in [0.15, 0.2) is 0 Å². The van der Waals surface area contributed by atoms with Crippen LogP contribution in [0.3, 0.4) is 0 Å². The third kappa shape index (κ3) is 2.54. The lowest BCUT2D eigenvalue weighted by Gasteiger charge is -2.26. The van der Waals surface area contributed by atoms with Gasteiger partial charge in [0.2, 0.25) is 0 Å². The number of anilines is 1. The van der Waals surface area contributed by atoms with E-state index in [-0.39, 0.29) is 0 Å². The molecule has 118 valence electrons. The fourth-order valence-electron chi connectivity index (χ4n) is 3.46. The average molecular weight is 308 g/mol. The topological polar surface area (TPSA) is 59.7 Å². The summed E-state index contributed by atoms with van der Waals surface area (Å²) in [6.07, 6.45) is 3.99. The Labute approximate surface area is 135 Å². The first-order valence-corrected chi connectivity index (χ1v) is 8.07. The maximum atomic E-state index is 4.58.